The molecule has 0 radical (unpaired) electrons. The lowest BCUT2D eigenvalue weighted by molar-refractivity contribution is 0.257. The van der Waals surface area contributed by atoms with Crippen molar-refractivity contribution in [1.29, 1.82) is 0 Å². The second kappa shape index (κ2) is 6.80. The quantitative estimate of drug-likeness (QED) is 0.856. The zero-order valence-corrected chi connectivity index (χ0v) is 12.1. The maximum Gasteiger partial charge on any atom is 0.119 e. The number of rotatable bonds is 5. The Labute approximate surface area is 116 Å². The summed E-state index contributed by atoms with van der Waals surface area (Å²) >= 11 is 0. The largest absolute Gasteiger partial charge is 0.497 e. The molecule has 3 atom stereocenters. The minimum atomic E-state index is 0.385. The van der Waals surface area contributed by atoms with E-state index in [1.165, 1.54) is 25.7 Å². The molecular weight excluding hydrogens is 236 g/mol. The Balaban J connectivity index is 1.97. The zero-order chi connectivity index (χ0) is 13.7. The summed E-state index contributed by atoms with van der Waals surface area (Å²) in [6, 6.07) is 8.48. The van der Waals surface area contributed by atoms with Crippen LogP contribution < -0.4 is 15.8 Å². The summed E-state index contributed by atoms with van der Waals surface area (Å²) in [5.74, 6) is 2.43. The Morgan fingerprint density at radius 3 is 2.63 bits per heavy atom. The summed E-state index contributed by atoms with van der Waals surface area (Å²) < 4.78 is 5.18. The highest BCUT2D eigenvalue weighted by Crippen LogP contribution is 2.31. The summed E-state index contributed by atoms with van der Waals surface area (Å²) in [6.45, 7) is 3.05. The number of anilines is 1. The fourth-order valence-corrected chi connectivity index (χ4v) is 3.12. The average molecular weight is 262 g/mol. The normalized spacial score (nSPS) is 24.8. The van der Waals surface area contributed by atoms with E-state index in [-0.39, 0.29) is 0 Å². The van der Waals surface area contributed by atoms with Gasteiger partial charge in [0, 0.05) is 18.3 Å². The van der Waals surface area contributed by atoms with Gasteiger partial charge in [-0.15, -0.1) is 0 Å². The van der Waals surface area contributed by atoms with Crippen molar-refractivity contribution in [1.82, 2.24) is 0 Å². The summed E-state index contributed by atoms with van der Waals surface area (Å²) in [4.78, 5) is 0. The molecule has 3 heteroatoms. The number of benzene rings is 1. The molecule has 1 aliphatic carbocycles. The summed E-state index contributed by atoms with van der Waals surface area (Å²) in [5, 5.41) is 3.59. The lowest BCUT2D eigenvalue weighted by Gasteiger charge is -2.33. The van der Waals surface area contributed by atoms with E-state index in [4.69, 9.17) is 10.5 Å². The number of nitrogens with one attached hydrogen (secondary N) is 1. The third kappa shape index (κ3) is 3.87. The minimum Gasteiger partial charge on any atom is -0.497 e. The topological polar surface area (TPSA) is 47.3 Å². The van der Waals surface area contributed by atoms with Gasteiger partial charge in [0.1, 0.15) is 5.75 Å². The monoisotopic (exact) mass is 262 g/mol. The van der Waals surface area contributed by atoms with Crippen molar-refractivity contribution in [2.75, 3.05) is 19.0 Å². The van der Waals surface area contributed by atoms with Crippen LogP contribution in [0.1, 0.15) is 32.6 Å². The van der Waals surface area contributed by atoms with Gasteiger partial charge in [-0.25, -0.2) is 0 Å². The number of methoxy groups -OCH3 is 1. The first-order valence-electron chi connectivity index (χ1n) is 7.33. The van der Waals surface area contributed by atoms with Crippen LogP contribution in [0.15, 0.2) is 24.3 Å². The first kappa shape index (κ1) is 14.2. The van der Waals surface area contributed by atoms with E-state index in [0.717, 1.165) is 17.4 Å². The van der Waals surface area contributed by atoms with Gasteiger partial charge in [-0.3, -0.25) is 0 Å². The summed E-state index contributed by atoms with van der Waals surface area (Å²) in [6.07, 6.45) is 5.31. The molecule has 3 unspecified atom stereocenters. The maximum absolute atomic E-state index is 5.97. The van der Waals surface area contributed by atoms with Crippen LogP contribution >= 0.6 is 0 Å². The van der Waals surface area contributed by atoms with Crippen LogP contribution in [0.3, 0.4) is 0 Å². The van der Waals surface area contributed by atoms with Crippen molar-refractivity contribution in [2.45, 2.75) is 38.6 Å². The Morgan fingerprint density at radius 2 is 2.05 bits per heavy atom. The lowest BCUT2D eigenvalue weighted by atomic mass is 9.78. The van der Waals surface area contributed by atoms with Crippen LogP contribution in [0, 0.1) is 11.8 Å². The number of ether oxygens (including phenoxy) is 1. The van der Waals surface area contributed by atoms with E-state index in [1.807, 2.05) is 12.1 Å². The van der Waals surface area contributed by atoms with Crippen LogP contribution in [-0.2, 0) is 0 Å². The van der Waals surface area contributed by atoms with Crippen molar-refractivity contribution < 1.29 is 4.74 Å². The van der Waals surface area contributed by atoms with E-state index in [1.54, 1.807) is 7.11 Å². The van der Waals surface area contributed by atoms with Crippen LogP contribution in [0.25, 0.3) is 0 Å². The van der Waals surface area contributed by atoms with Gasteiger partial charge in [-0.05, 0) is 48.9 Å². The van der Waals surface area contributed by atoms with Crippen LogP contribution in [0.4, 0.5) is 5.69 Å². The molecule has 0 aliphatic heterocycles. The Hall–Kier alpha value is -1.22. The van der Waals surface area contributed by atoms with Gasteiger partial charge in [0.15, 0.2) is 0 Å². The first-order chi connectivity index (χ1) is 9.22. The molecule has 0 aromatic heterocycles. The second-order valence-electron chi connectivity index (χ2n) is 5.75. The molecule has 0 saturated heterocycles. The van der Waals surface area contributed by atoms with E-state index < -0.39 is 0 Å². The smallest absolute Gasteiger partial charge is 0.119 e. The van der Waals surface area contributed by atoms with Gasteiger partial charge in [-0.1, -0.05) is 19.8 Å². The van der Waals surface area contributed by atoms with Crippen LogP contribution in [0.5, 0.6) is 5.75 Å². The molecular formula is C16H26N2O. The molecule has 1 aromatic carbocycles. The maximum atomic E-state index is 5.97. The Bertz CT molecular complexity index is 377. The van der Waals surface area contributed by atoms with Gasteiger partial charge in [0.25, 0.3) is 0 Å². The molecule has 106 valence electrons. The molecule has 2 rings (SSSR count). The number of hydrogen-bond donors (Lipinski definition) is 2. The van der Waals surface area contributed by atoms with Crippen molar-refractivity contribution in [3.05, 3.63) is 24.3 Å². The Morgan fingerprint density at radius 1 is 1.32 bits per heavy atom. The third-order valence-electron chi connectivity index (χ3n) is 4.24. The standard InChI is InChI=1S/C16H26N2O/c1-12-4-3-5-13(10-12)16(11-17)18-14-6-8-15(19-2)9-7-14/h6-9,12-13,16,18H,3-5,10-11,17H2,1-2H3. The fraction of sp³-hybridized carbons (Fsp3) is 0.625. The average Bonchev–Trinajstić information content (AvgIpc) is 2.45. The van der Waals surface area contributed by atoms with Crippen LogP contribution in [0.2, 0.25) is 0 Å². The van der Waals surface area contributed by atoms with Crippen molar-refractivity contribution in [3.8, 4) is 5.75 Å². The molecule has 3 nitrogen and oxygen atoms in total. The van der Waals surface area contributed by atoms with Crippen molar-refractivity contribution >= 4 is 5.69 Å². The Kier molecular flexibility index (Phi) is 5.08. The van der Waals surface area contributed by atoms with Crippen molar-refractivity contribution in [2.24, 2.45) is 17.6 Å². The molecule has 1 saturated carbocycles. The van der Waals surface area contributed by atoms with E-state index in [2.05, 4.69) is 24.4 Å². The van der Waals surface area contributed by atoms with Gasteiger partial charge >= 0.3 is 0 Å². The van der Waals surface area contributed by atoms with Crippen molar-refractivity contribution in [3.63, 3.8) is 0 Å². The zero-order valence-electron chi connectivity index (χ0n) is 12.1. The van der Waals surface area contributed by atoms with Gasteiger partial charge in [0.05, 0.1) is 7.11 Å². The highest BCUT2D eigenvalue weighted by molar-refractivity contribution is 5.47. The number of hydrogen-bond acceptors (Lipinski definition) is 3. The molecule has 1 aromatic rings. The van der Waals surface area contributed by atoms with Crippen LogP contribution in [-0.4, -0.2) is 19.7 Å². The van der Waals surface area contributed by atoms with Gasteiger partial charge in [-0.2, -0.15) is 0 Å². The molecule has 3 N–H and O–H groups in total. The fourth-order valence-electron chi connectivity index (χ4n) is 3.12. The SMILES string of the molecule is COc1ccc(NC(CN)C2CCCC(C)C2)cc1. The molecule has 0 amide bonds. The molecule has 0 spiro atoms. The van der Waals surface area contributed by atoms with Gasteiger partial charge in [0.2, 0.25) is 0 Å². The third-order valence-corrected chi connectivity index (χ3v) is 4.24. The lowest BCUT2D eigenvalue weighted by Crippen LogP contribution is -2.38. The highest BCUT2D eigenvalue weighted by atomic mass is 16.5. The van der Waals surface area contributed by atoms with E-state index in [9.17, 15) is 0 Å². The summed E-state index contributed by atoms with van der Waals surface area (Å²) in [7, 11) is 1.69. The molecule has 0 heterocycles. The minimum absolute atomic E-state index is 0.385. The molecule has 0 bridgehead atoms. The second-order valence-corrected chi connectivity index (χ2v) is 5.75. The number of nitrogens with two attached hydrogens (primary N) is 1. The van der Waals surface area contributed by atoms with E-state index in [0.29, 0.717) is 18.5 Å². The first-order valence-corrected chi connectivity index (χ1v) is 7.33. The molecule has 19 heavy (non-hydrogen) atoms. The van der Waals surface area contributed by atoms with Gasteiger partial charge < -0.3 is 15.8 Å². The highest BCUT2D eigenvalue weighted by Gasteiger charge is 2.25. The summed E-state index contributed by atoms with van der Waals surface area (Å²) in [5.41, 5.74) is 7.10. The molecule has 1 aliphatic rings. The predicted octanol–water partition coefficient (Wildman–Crippen LogP) is 3.26. The predicted molar refractivity (Wildman–Crippen MR) is 80.6 cm³/mol. The molecule has 1 fully saturated rings. The van der Waals surface area contributed by atoms with E-state index >= 15 is 0 Å².